The van der Waals surface area contributed by atoms with Crippen LogP contribution in [0.3, 0.4) is 0 Å². The number of methoxy groups -OCH3 is 1. The fraction of sp³-hybridized carbons (Fsp3) is 0.267. The molecule has 2 aromatic rings. The number of esters is 1. The summed E-state index contributed by atoms with van der Waals surface area (Å²) in [6, 6.07) is 5.93. The highest BCUT2D eigenvalue weighted by atomic mass is 19.1. The van der Waals surface area contributed by atoms with Gasteiger partial charge in [0.2, 0.25) is 0 Å². The molecule has 0 saturated heterocycles. The second kappa shape index (κ2) is 6.30. The maximum atomic E-state index is 13.4. The first-order valence-electron chi connectivity index (χ1n) is 6.42. The maximum Gasteiger partial charge on any atom is 0.342 e. The Labute approximate surface area is 121 Å². The Morgan fingerprint density at radius 3 is 2.71 bits per heavy atom. The smallest absolute Gasteiger partial charge is 0.342 e. The molecule has 0 bridgehead atoms. The van der Waals surface area contributed by atoms with E-state index in [4.69, 9.17) is 9.47 Å². The van der Waals surface area contributed by atoms with Crippen molar-refractivity contribution < 1.29 is 18.7 Å². The predicted octanol–water partition coefficient (Wildman–Crippen LogP) is 2.78. The van der Waals surface area contributed by atoms with E-state index in [1.807, 2.05) is 0 Å². The van der Waals surface area contributed by atoms with Gasteiger partial charge in [-0.2, -0.15) is 9.97 Å². The van der Waals surface area contributed by atoms with Crippen LogP contribution in [-0.2, 0) is 4.74 Å². The Morgan fingerprint density at radius 1 is 1.33 bits per heavy atom. The minimum Gasteiger partial charge on any atom is -0.467 e. The van der Waals surface area contributed by atoms with Gasteiger partial charge in [-0.15, -0.1) is 0 Å². The van der Waals surface area contributed by atoms with Gasteiger partial charge in [0.05, 0.1) is 25.1 Å². The molecule has 0 spiro atoms. The topological polar surface area (TPSA) is 61.3 Å². The monoisotopic (exact) mass is 290 g/mol. The number of ether oxygens (including phenoxy) is 2. The van der Waals surface area contributed by atoms with Crippen LogP contribution in [0.15, 0.2) is 24.3 Å². The summed E-state index contributed by atoms with van der Waals surface area (Å²) < 4.78 is 23.5. The first-order chi connectivity index (χ1) is 10.1. The number of halogens is 1. The third-order valence-corrected chi connectivity index (χ3v) is 2.83. The highest BCUT2D eigenvalue weighted by Crippen LogP contribution is 2.26. The summed E-state index contributed by atoms with van der Waals surface area (Å²) in [5, 5.41) is 0. The van der Waals surface area contributed by atoms with Crippen LogP contribution in [0.1, 0.15) is 23.0 Å². The molecule has 0 saturated carbocycles. The average molecular weight is 290 g/mol. The number of aryl methyl sites for hydroxylation is 1. The van der Waals surface area contributed by atoms with E-state index >= 15 is 0 Å². The molecule has 0 aliphatic rings. The van der Waals surface area contributed by atoms with Crippen LogP contribution in [0, 0.1) is 12.7 Å². The van der Waals surface area contributed by atoms with Gasteiger partial charge in [-0.05, 0) is 26.0 Å². The summed E-state index contributed by atoms with van der Waals surface area (Å²) in [5.74, 6) is -0.963. The van der Waals surface area contributed by atoms with Crippen molar-refractivity contribution in [3.8, 4) is 17.3 Å². The van der Waals surface area contributed by atoms with Gasteiger partial charge in [0.25, 0.3) is 0 Å². The molecule has 0 radical (unpaired) electrons. The number of benzene rings is 1. The van der Waals surface area contributed by atoms with Gasteiger partial charge in [-0.1, -0.05) is 12.1 Å². The standard InChI is InChI=1S/C15H15FN2O3/c1-4-21-14(19)12-9(2)17-15(20-3)18-13(12)10-6-5-7-11(16)8-10/h5-8H,4H2,1-3H3. The van der Waals surface area contributed by atoms with Crippen LogP contribution in [0.25, 0.3) is 11.3 Å². The molecule has 0 unspecified atom stereocenters. The van der Waals surface area contributed by atoms with Crippen molar-refractivity contribution in [3.05, 3.63) is 41.3 Å². The van der Waals surface area contributed by atoms with Crippen molar-refractivity contribution in [2.75, 3.05) is 13.7 Å². The van der Waals surface area contributed by atoms with E-state index in [-0.39, 0.29) is 23.9 Å². The minimum atomic E-state index is -0.545. The summed E-state index contributed by atoms with van der Waals surface area (Å²) >= 11 is 0. The zero-order chi connectivity index (χ0) is 15.4. The lowest BCUT2D eigenvalue weighted by molar-refractivity contribution is 0.0525. The Hall–Kier alpha value is -2.50. The van der Waals surface area contributed by atoms with E-state index < -0.39 is 11.8 Å². The van der Waals surface area contributed by atoms with Crippen molar-refractivity contribution >= 4 is 5.97 Å². The lowest BCUT2D eigenvalue weighted by atomic mass is 10.0. The lowest BCUT2D eigenvalue weighted by Gasteiger charge is -2.12. The van der Waals surface area contributed by atoms with E-state index in [2.05, 4.69) is 9.97 Å². The maximum absolute atomic E-state index is 13.4. The normalized spacial score (nSPS) is 10.3. The first kappa shape index (κ1) is 14.9. The molecule has 110 valence electrons. The van der Waals surface area contributed by atoms with E-state index in [1.165, 1.54) is 19.2 Å². The number of hydrogen-bond acceptors (Lipinski definition) is 5. The second-order valence-corrected chi connectivity index (χ2v) is 4.25. The molecular weight excluding hydrogens is 275 g/mol. The summed E-state index contributed by atoms with van der Waals surface area (Å²) in [5.41, 5.74) is 1.38. The van der Waals surface area contributed by atoms with Crippen molar-refractivity contribution in [1.82, 2.24) is 9.97 Å². The van der Waals surface area contributed by atoms with Crippen molar-refractivity contribution in [1.29, 1.82) is 0 Å². The van der Waals surface area contributed by atoms with Crippen LogP contribution in [0.5, 0.6) is 6.01 Å². The third-order valence-electron chi connectivity index (χ3n) is 2.83. The molecule has 2 rings (SSSR count). The number of aromatic nitrogens is 2. The number of nitrogens with zero attached hydrogens (tertiary/aromatic N) is 2. The summed E-state index contributed by atoms with van der Waals surface area (Å²) in [6.07, 6.45) is 0. The Morgan fingerprint density at radius 2 is 2.10 bits per heavy atom. The average Bonchev–Trinajstić information content (AvgIpc) is 2.46. The molecule has 0 amide bonds. The number of carbonyl (C=O) groups excluding carboxylic acids is 1. The second-order valence-electron chi connectivity index (χ2n) is 4.25. The fourth-order valence-electron chi connectivity index (χ4n) is 1.93. The number of hydrogen-bond donors (Lipinski definition) is 0. The molecule has 1 heterocycles. The molecule has 6 heteroatoms. The van der Waals surface area contributed by atoms with Crippen molar-refractivity contribution in [2.45, 2.75) is 13.8 Å². The van der Waals surface area contributed by atoms with Gasteiger partial charge in [0.15, 0.2) is 0 Å². The minimum absolute atomic E-state index is 0.111. The molecule has 1 aromatic heterocycles. The summed E-state index contributed by atoms with van der Waals surface area (Å²) in [4.78, 5) is 20.3. The molecule has 5 nitrogen and oxygen atoms in total. The van der Waals surface area contributed by atoms with E-state index in [1.54, 1.807) is 26.0 Å². The molecule has 0 aliphatic heterocycles. The highest BCUT2D eigenvalue weighted by Gasteiger charge is 2.21. The fourth-order valence-corrected chi connectivity index (χ4v) is 1.93. The summed E-state index contributed by atoms with van der Waals surface area (Å²) in [6.45, 7) is 3.59. The van der Waals surface area contributed by atoms with Crippen LogP contribution in [0.4, 0.5) is 4.39 Å². The Bertz CT molecular complexity index is 674. The van der Waals surface area contributed by atoms with E-state index in [0.717, 1.165) is 0 Å². The van der Waals surface area contributed by atoms with Gasteiger partial charge in [0.1, 0.15) is 11.4 Å². The first-order valence-corrected chi connectivity index (χ1v) is 6.42. The predicted molar refractivity (Wildman–Crippen MR) is 74.7 cm³/mol. The lowest BCUT2D eigenvalue weighted by Crippen LogP contribution is -2.12. The number of carbonyl (C=O) groups is 1. The molecule has 0 aliphatic carbocycles. The van der Waals surface area contributed by atoms with Gasteiger partial charge < -0.3 is 9.47 Å². The molecule has 0 fully saturated rings. The molecule has 0 atom stereocenters. The molecule has 0 N–H and O–H groups in total. The van der Waals surface area contributed by atoms with E-state index in [0.29, 0.717) is 11.3 Å². The van der Waals surface area contributed by atoms with Crippen LogP contribution < -0.4 is 4.74 Å². The largest absolute Gasteiger partial charge is 0.467 e. The Balaban J connectivity index is 2.66. The Kier molecular flexibility index (Phi) is 4.47. The summed E-state index contributed by atoms with van der Waals surface area (Å²) in [7, 11) is 1.42. The highest BCUT2D eigenvalue weighted by molar-refractivity contribution is 5.97. The van der Waals surface area contributed by atoms with Gasteiger partial charge in [-0.3, -0.25) is 0 Å². The SMILES string of the molecule is CCOC(=O)c1c(C)nc(OC)nc1-c1cccc(F)c1. The zero-order valence-corrected chi connectivity index (χ0v) is 12.0. The van der Waals surface area contributed by atoms with Gasteiger partial charge in [0, 0.05) is 5.56 Å². The van der Waals surface area contributed by atoms with Crippen LogP contribution >= 0.6 is 0 Å². The van der Waals surface area contributed by atoms with Crippen LogP contribution in [0.2, 0.25) is 0 Å². The van der Waals surface area contributed by atoms with Gasteiger partial charge >= 0.3 is 12.0 Å². The van der Waals surface area contributed by atoms with Crippen LogP contribution in [-0.4, -0.2) is 29.7 Å². The molecule has 1 aromatic carbocycles. The zero-order valence-electron chi connectivity index (χ0n) is 12.0. The third kappa shape index (κ3) is 3.16. The quantitative estimate of drug-likeness (QED) is 0.810. The van der Waals surface area contributed by atoms with Crippen molar-refractivity contribution in [3.63, 3.8) is 0 Å². The van der Waals surface area contributed by atoms with Gasteiger partial charge in [-0.25, -0.2) is 9.18 Å². The number of rotatable bonds is 4. The van der Waals surface area contributed by atoms with Crippen molar-refractivity contribution in [2.24, 2.45) is 0 Å². The van der Waals surface area contributed by atoms with E-state index in [9.17, 15) is 9.18 Å². The molecular formula is C15H15FN2O3. The molecule has 21 heavy (non-hydrogen) atoms.